The maximum absolute atomic E-state index is 12.6. The zero-order valence-electron chi connectivity index (χ0n) is 18.2. The Hall–Kier alpha value is -2.13. The molecule has 2 atom stereocenters. The predicted octanol–water partition coefficient (Wildman–Crippen LogP) is 0.312. The lowest BCUT2D eigenvalue weighted by atomic mass is 10.1. The van der Waals surface area contributed by atoms with Gasteiger partial charge in [-0.1, -0.05) is 0 Å². The minimum Gasteiger partial charge on any atom is -0.368 e. The molecule has 2 aliphatic rings. The van der Waals surface area contributed by atoms with Gasteiger partial charge in [0.2, 0.25) is 0 Å². The topological polar surface area (TPSA) is 78.2 Å². The molecule has 1 N–H and O–H groups in total. The fourth-order valence-corrected chi connectivity index (χ4v) is 3.89. The number of amides is 1. The Kier molecular flexibility index (Phi) is 7.49. The van der Waals surface area contributed by atoms with E-state index < -0.39 is 0 Å². The van der Waals surface area contributed by atoms with Crippen molar-refractivity contribution in [1.29, 1.82) is 0 Å². The molecular weight excluding hydrogens is 370 g/mol. The highest BCUT2D eigenvalue weighted by Crippen LogP contribution is 2.18. The minimum atomic E-state index is -0.233. The molecule has 3 heterocycles. The number of likely N-dealkylation sites (N-methyl/N-ethyl adjacent to an activating group) is 1. The molecule has 0 spiro atoms. The molecule has 9 nitrogen and oxygen atoms in total. The van der Waals surface area contributed by atoms with Crippen molar-refractivity contribution in [1.82, 2.24) is 29.8 Å². The third-order valence-corrected chi connectivity index (χ3v) is 5.58. The highest BCUT2D eigenvalue weighted by molar-refractivity contribution is 5.82. The lowest BCUT2D eigenvalue weighted by Gasteiger charge is -2.37. The third kappa shape index (κ3) is 5.48. The Bertz CT molecular complexity index is 689. The molecule has 0 bridgehead atoms. The number of hydrogen-bond acceptors (Lipinski definition) is 5. The average molecular weight is 406 g/mol. The van der Waals surface area contributed by atoms with Crippen molar-refractivity contribution in [3.05, 3.63) is 18.0 Å². The monoisotopic (exact) mass is 405 g/mol. The maximum atomic E-state index is 12.6. The first-order valence-corrected chi connectivity index (χ1v) is 10.6. The van der Waals surface area contributed by atoms with Crippen molar-refractivity contribution in [2.24, 2.45) is 12.0 Å². The van der Waals surface area contributed by atoms with E-state index in [2.05, 4.69) is 41.2 Å². The highest BCUT2D eigenvalue weighted by Gasteiger charge is 2.31. The van der Waals surface area contributed by atoms with Crippen LogP contribution >= 0.6 is 0 Å². The second-order valence-corrected chi connectivity index (χ2v) is 7.94. The summed E-state index contributed by atoms with van der Waals surface area (Å²) in [5, 5.41) is 7.71. The third-order valence-electron chi connectivity index (χ3n) is 5.58. The molecular formula is C20H35N7O2. The van der Waals surface area contributed by atoms with E-state index in [1.54, 1.807) is 0 Å². The number of nitrogens with one attached hydrogen (secondary N) is 1. The fraction of sp³-hybridized carbons (Fsp3) is 0.750. The number of aliphatic imine (C=N–C) groups is 1. The molecule has 0 radical (unpaired) electrons. The molecule has 0 aliphatic carbocycles. The lowest BCUT2D eigenvalue weighted by Crippen LogP contribution is -2.55. The lowest BCUT2D eigenvalue weighted by molar-refractivity contribution is -0.142. The molecule has 29 heavy (non-hydrogen) atoms. The summed E-state index contributed by atoms with van der Waals surface area (Å²) in [7, 11) is 6.06. The largest absolute Gasteiger partial charge is 0.368 e. The van der Waals surface area contributed by atoms with E-state index in [0.717, 1.165) is 44.0 Å². The van der Waals surface area contributed by atoms with Crippen LogP contribution in [0, 0.1) is 0 Å². The molecule has 2 aliphatic heterocycles. The number of aromatic nitrogens is 2. The Balaban J connectivity index is 1.61. The maximum Gasteiger partial charge on any atom is 0.251 e. The molecule has 3 rings (SSSR count). The summed E-state index contributed by atoms with van der Waals surface area (Å²) in [4.78, 5) is 23.8. The zero-order valence-corrected chi connectivity index (χ0v) is 18.2. The number of rotatable bonds is 6. The van der Waals surface area contributed by atoms with E-state index in [1.807, 2.05) is 29.0 Å². The molecule has 9 heteroatoms. The van der Waals surface area contributed by atoms with Gasteiger partial charge in [-0.05, 0) is 33.9 Å². The fourth-order valence-electron chi connectivity index (χ4n) is 3.89. The number of ether oxygens (including phenoxy) is 1. The van der Waals surface area contributed by atoms with Crippen LogP contribution in [0.3, 0.4) is 0 Å². The van der Waals surface area contributed by atoms with Gasteiger partial charge >= 0.3 is 0 Å². The van der Waals surface area contributed by atoms with E-state index >= 15 is 0 Å². The molecule has 1 amide bonds. The molecule has 2 unspecified atom stereocenters. The summed E-state index contributed by atoms with van der Waals surface area (Å²) >= 11 is 0. The summed E-state index contributed by atoms with van der Waals surface area (Å²) in [6, 6.07) is 0.166. The van der Waals surface area contributed by atoms with Gasteiger partial charge in [0, 0.05) is 58.1 Å². The van der Waals surface area contributed by atoms with Crippen molar-refractivity contribution in [2.75, 3.05) is 60.0 Å². The van der Waals surface area contributed by atoms with Gasteiger partial charge in [0.25, 0.3) is 5.91 Å². The quantitative estimate of drug-likeness (QED) is 0.542. The van der Waals surface area contributed by atoms with Crippen LogP contribution in [0.2, 0.25) is 0 Å². The standard InChI is InChI=1S/C20H35N7O2/c1-5-21-20(22-14-17(24(2)3)16-13-23-25(4)15-16)27-10-8-26(9-11-27)19(28)18-7-6-12-29-18/h13,15,17-18H,5-12,14H2,1-4H3,(H,21,22). The van der Waals surface area contributed by atoms with Crippen molar-refractivity contribution in [2.45, 2.75) is 31.9 Å². The SMILES string of the molecule is CCNC(=NCC(c1cnn(C)c1)N(C)C)N1CCN(C(=O)C2CCCO2)CC1. The Morgan fingerprint density at radius 1 is 1.34 bits per heavy atom. The normalized spacial score (nSPS) is 21.7. The molecule has 162 valence electrons. The van der Waals surface area contributed by atoms with Crippen LogP contribution in [-0.4, -0.2) is 102 Å². The summed E-state index contributed by atoms with van der Waals surface area (Å²) in [6.07, 6.45) is 5.55. The zero-order chi connectivity index (χ0) is 20.8. The van der Waals surface area contributed by atoms with Crippen molar-refractivity contribution >= 4 is 11.9 Å². The molecule has 0 aromatic carbocycles. The predicted molar refractivity (Wildman–Crippen MR) is 113 cm³/mol. The first-order valence-electron chi connectivity index (χ1n) is 10.6. The van der Waals surface area contributed by atoms with Gasteiger partial charge in [0.05, 0.1) is 18.8 Å². The second kappa shape index (κ2) is 10.1. The van der Waals surface area contributed by atoms with E-state index in [1.165, 1.54) is 0 Å². The van der Waals surface area contributed by atoms with Crippen LogP contribution in [0.1, 0.15) is 31.4 Å². The molecule has 1 aromatic rings. The number of piperazine rings is 1. The summed E-state index contributed by atoms with van der Waals surface area (Å²) in [5.74, 6) is 1.06. The van der Waals surface area contributed by atoms with Crippen LogP contribution in [0.25, 0.3) is 0 Å². The van der Waals surface area contributed by atoms with Gasteiger partial charge in [-0.2, -0.15) is 5.10 Å². The van der Waals surface area contributed by atoms with E-state index in [-0.39, 0.29) is 18.1 Å². The van der Waals surface area contributed by atoms with Gasteiger partial charge in [-0.3, -0.25) is 14.5 Å². The van der Waals surface area contributed by atoms with Crippen molar-refractivity contribution < 1.29 is 9.53 Å². The van der Waals surface area contributed by atoms with E-state index in [4.69, 9.17) is 9.73 Å². The second-order valence-electron chi connectivity index (χ2n) is 7.94. The minimum absolute atomic E-state index is 0.147. The van der Waals surface area contributed by atoms with Crippen molar-refractivity contribution in [3.8, 4) is 0 Å². The van der Waals surface area contributed by atoms with E-state index in [0.29, 0.717) is 26.2 Å². The number of nitrogens with zero attached hydrogens (tertiary/aromatic N) is 6. The number of carbonyl (C=O) groups excluding carboxylic acids is 1. The van der Waals surface area contributed by atoms with Crippen LogP contribution in [0.15, 0.2) is 17.4 Å². The first-order chi connectivity index (χ1) is 14.0. The molecule has 2 fully saturated rings. The van der Waals surface area contributed by atoms with Gasteiger partial charge in [0.15, 0.2) is 5.96 Å². The Morgan fingerprint density at radius 3 is 2.62 bits per heavy atom. The smallest absolute Gasteiger partial charge is 0.251 e. The Morgan fingerprint density at radius 2 is 2.07 bits per heavy atom. The highest BCUT2D eigenvalue weighted by atomic mass is 16.5. The molecule has 2 saturated heterocycles. The molecule has 1 aromatic heterocycles. The number of hydrogen-bond donors (Lipinski definition) is 1. The Labute approximate surface area is 173 Å². The van der Waals surface area contributed by atoms with Crippen LogP contribution in [-0.2, 0) is 16.6 Å². The van der Waals surface area contributed by atoms with Crippen LogP contribution < -0.4 is 5.32 Å². The van der Waals surface area contributed by atoms with Gasteiger partial charge in [0.1, 0.15) is 6.10 Å². The van der Waals surface area contributed by atoms with E-state index in [9.17, 15) is 4.79 Å². The number of aryl methyl sites for hydroxylation is 1. The molecule has 0 saturated carbocycles. The number of guanidine groups is 1. The summed E-state index contributed by atoms with van der Waals surface area (Å²) in [6.45, 7) is 7.23. The van der Waals surface area contributed by atoms with Gasteiger partial charge in [-0.25, -0.2) is 0 Å². The first kappa shape index (κ1) is 21.6. The van der Waals surface area contributed by atoms with Crippen molar-refractivity contribution in [3.63, 3.8) is 0 Å². The van der Waals surface area contributed by atoms with Gasteiger partial charge in [-0.15, -0.1) is 0 Å². The van der Waals surface area contributed by atoms with Crippen LogP contribution in [0.4, 0.5) is 0 Å². The summed E-state index contributed by atoms with van der Waals surface area (Å²) < 4.78 is 7.38. The number of carbonyl (C=O) groups is 1. The average Bonchev–Trinajstić information content (AvgIpc) is 3.39. The summed E-state index contributed by atoms with van der Waals surface area (Å²) in [5.41, 5.74) is 1.16. The van der Waals surface area contributed by atoms with Crippen LogP contribution in [0.5, 0.6) is 0 Å². The van der Waals surface area contributed by atoms with Gasteiger partial charge < -0.3 is 24.8 Å².